The van der Waals surface area contributed by atoms with Crippen molar-refractivity contribution in [1.29, 1.82) is 0 Å². The van der Waals surface area contributed by atoms with E-state index >= 15 is 0 Å². The van der Waals surface area contributed by atoms with Crippen LogP contribution >= 0.6 is 11.6 Å². The van der Waals surface area contributed by atoms with E-state index in [9.17, 15) is 4.79 Å². The number of rotatable bonds is 2. The molecule has 0 fully saturated rings. The molecular weight excluding hydrogens is 274 g/mol. The van der Waals surface area contributed by atoms with Crippen LogP contribution in [0.1, 0.15) is 41.2 Å². The number of carboxylic acid groups (broad SMARTS) is 1. The highest BCUT2D eigenvalue weighted by atomic mass is 35.5. The Morgan fingerprint density at radius 2 is 1.75 bits per heavy atom. The zero-order valence-corrected chi connectivity index (χ0v) is 13.2. The van der Waals surface area contributed by atoms with Gasteiger partial charge in [0, 0.05) is 17.1 Å². The lowest BCUT2D eigenvalue weighted by Gasteiger charge is -2.11. The topological polar surface area (TPSA) is 42.2 Å². The summed E-state index contributed by atoms with van der Waals surface area (Å²) in [7, 11) is 0. The van der Waals surface area contributed by atoms with Gasteiger partial charge in [0.1, 0.15) is 0 Å². The van der Waals surface area contributed by atoms with E-state index < -0.39 is 5.97 Å². The van der Waals surface area contributed by atoms with Crippen LogP contribution in [0.2, 0.25) is 5.02 Å². The quantitative estimate of drug-likeness (QED) is 0.866. The van der Waals surface area contributed by atoms with E-state index in [1.807, 2.05) is 45.3 Å². The van der Waals surface area contributed by atoms with E-state index in [2.05, 4.69) is 6.07 Å². The molecule has 108 valence electrons. The molecule has 2 aromatic rings. The molecule has 2 rings (SSSR count). The molecule has 0 aliphatic rings. The Bertz CT molecular complexity index is 630. The van der Waals surface area contributed by atoms with Crippen LogP contribution in [0.3, 0.4) is 0 Å². The lowest BCUT2D eigenvalue weighted by Crippen LogP contribution is -2.03. The molecule has 0 amide bonds. The molecule has 4 heteroatoms. The molecule has 20 heavy (non-hydrogen) atoms. The van der Waals surface area contributed by atoms with Crippen molar-refractivity contribution < 1.29 is 9.90 Å². The molecule has 0 bridgehead atoms. The van der Waals surface area contributed by atoms with Gasteiger partial charge in [-0.25, -0.2) is 4.79 Å². The van der Waals surface area contributed by atoms with E-state index in [1.54, 1.807) is 12.1 Å². The summed E-state index contributed by atoms with van der Waals surface area (Å²) in [6.45, 7) is 10.0. The minimum atomic E-state index is -1.01. The van der Waals surface area contributed by atoms with E-state index in [1.165, 1.54) is 5.56 Å². The molecule has 0 atom stereocenters. The van der Waals surface area contributed by atoms with Crippen molar-refractivity contribution >= 4 is 17.6 Å². The Labute approximate surface area is 124 Å². The molecule has 0 saturated carbocycles. The second-order valence-corrected chi connectivity index (χ2v) is 4.77. The molecule has 0 saturated heterocycles. The zero-order chi connectivity index (χ0) is 15.4. The standard InChI is InChI=1S/C14H14ClNO2.C2H6/c1-8-6-9(2)16(10(8)3)11-4-5-13(15)12(7-11)14(17)18;1-2/h4-7H,1-3H3,(H,17,18);1-2H3. The molecule has 0 spiro atoms. The zero-order valence-electron chi connectivity index (χ0n) is 12.5. The van der Waals surface area contributed by atoms with Crippen LogP contribution < -0.4 is 0 Å². The predicted molar refractivity (Wildman–Crippen MR) is 83.3 cm³/mol. The molecule has 0 unspecified atom stereocenters. The van der Waals surface area contributed by atoms with Crippen molar-refractivity contribution in [3.63, 3.8) is 0 Å². The lowest BCUT2D eigenvalue weighted by molar-refractivity contribution is 0.0697. The molecule has 1 N–H and O–H groups in total. The third kappa shape index (κ3) is 3.05. The monoisotopic (exact) mass is 293 g/mol. The van der Waals surface area contributed by atoms with Crippen molar-refractivity contribution in [3.8, 4) is 5.69 Å². The maximum atomic E-state index is 11.1. The second-order valence-electron chi connectivity index (χ2n) is 4.36. The Morgan fingerprint density at radius 1 is 1.15 bits per heavy atom. The fraction of sp³-hybridized carbons (Fsp3) is 0.312. The number of aromatic nitrogens is 1. The molecule has 1 aromatic heterocycles. The van der Waals surface area contributed by atoms with Crippen LogP contribution in [0, 0.1) is 20.8 Å². The minimum Gasteiger partial charge on any atom is -0.478 e. The number of carbonyl (C=O) groups is 1. The summed E-state index contributed by atoms with van der Waals surface area (Å²) in [6.07, 6.45) is 0. The Kier molecular flexibility index (Phi) is 5.40. The van der Waals surface area contributed by atoms with Gasteiger partial charge in [-0.2, -0.15) is 0 Å². The van der Waals surface area contributed by atoms with E-state index in [4.69, 9.17) is 16.7 Å². The number of hydrogen-bond acceptors (Lipinski definition) is 1. The van der Waals surface area contributed by atoms with E-state index in [0.717, 1.165) is 17.1 Å². The summed E-state index contributed by atoms with van der Waals surface area (Å²) in [5.41, 5.74) is 4.30. The summed E-state index contributed by atoms with van der Waals surface area (Å²) >= 11 is 5.87. The first kappa shape index (κ1) is 16.3. The van der Waals surface area contributed by atoms with Gasteiger partial charge < -0.3 is 9.67 Å². The van der Waals surface area contributed by atoms with E-state index in [-0.39, 0.29) is 10.6 Å². The van der Waals surface area contributed by atoms with Crippen LogP contribution in [0.4, 0.5) is 0 Å². The van der Waals surface area contributed by atoms with Gasteiger partial charge in [-0.3, -0.25) is 0 Å². The van der Waals surface area contributed by atoms with E-state index in [0.29, 0.717) is 0 Å². The highest BCUT2D eigenvalue weighted by molar-refractivity contribution is 6.33. The number of aromatic carboxylic acids is 1. The van der Waals surface area contributed by atoms with Crippen molar-refractivity contribution in [1.82, 2.24) is 4.57 Å². The van der Waals surface area contributed by atoms with Crippen LogP contribution in [0.15, 0.2) is 24.3 Å². The first-order valence-corrected chi connectivity index (χ1v) is 6.98. The maximum Gasteiger partial charge on any atom is 0.337 e. The van der Waals surface area contributed by atoms with Gasteiger partial charge in [-0.05, 0) is 50.6 Å². The molecule has 1 aromatic carbocycles. The molecule has 0 aliphatic carbocycles. The molecule has 3 nitrogen and oxygen atoms in total. The van der Waals surface area contributed by atoms with Gasteiger partial charge in [0.2, 0.25) is 0 Å². The van der Waals surface area contributed by atoms with Gasteiger partial charge in [-0.15, -0.1) is 0 Å². The first-order chi connectivity index (χ1) is 9.41. The molecule has 1 heterocycles. The van der Waals surface area contributed by atoms with Crippen molar-refractivity contribution in [2.75, 3.05) is 0 Å². The van der Waals surface area contributed by atoms with Gasteiger partial charge in [0.15, 0.2) is 0 Å². The van der Waals surface area contributed by atoms with Crippen molar-refractivity contribution in [2.45, 2.75) is 34.6 Å². The maximum absolute atomic E-state index is 11.1. The Hall–Kier alpha value is -1.74. The van der Waals surface area contributed by atoms with Gasteiger partial charge in [-0.1, -0.05) is 25.4 Å². The minimum absolute atomic E-state index is 0.124. The number of nitrogens with zero attached hydrogens (tertiary/aromatic N) is 1. The summed E-state index contributed by atoms with van der Waals surface area (Å²) in [4.78, 5) is 11.1. The van der Waals surface area contributed by atoms with Crippen molar-refractivity contribution in [3.05, 3.63) is 51.8 Å². The summed E-state index contributed by atoms with van der Waals surface area (Å²) in [5.74, 6) is -1.01. The molecule has 0 aliphatic heterocycles. The Balaban J connectivity index is 0.000000956. The Morgan fingerprint density at radius 3 is 2.20 bits per heavy atom. The van der Waals surface area contributed by atoms with Crippen LogP contribution in [-0.2, 0) is 0 Å². The highest BCUT2D eigenvalue weighted by Crippen LogP contribution is 2.24. The normalized spacial score (nSPS) is 9.90. The summed E-state index contributed by atoms with van der Waals surface area (Å²) in [6, 6.07) is 7.12. The number of carboxylic acids is 1. The van der Waals surface area contributed by atoms with Crippen LogP contribution in [0.5, 0.6) is 0 Å². The average Bonchev–Trinajstić information content (AvgIpc) is 2.66. The summed E-state index contributed by atoms with van der Waals surface area (Å²) < 4.78 is 2.03. The van der Waals surface area contributed by atoms with Crippen LogP contribution in [-0.4, -0.2) is 15.6 Å². The third-order valence-corrected chi connectivity index (χ3v) is 3.45. The number of benzene rings is 1. The van der Waals surface area contributed by atoms with Gasteiger partial charge in [0.25, 0.3) is 0 Å². The molecule has 0 radical (unpaired) electrons. The average molecular weight is 294 g/mol. The molecular formula is C16H20ClNO2. The van der Waals surface area contributed by atoms with Gasteiger partial charge in [0.05, 0.1) is 10.6 Å². The lowest BCUT2D eigenvalue weighted by atomic mass is 10.2. The van der Waals surface area contributed by atoms with Gasteiger partial charge >= 0.3 is 5.97 Å². The fourth-order valence-electron chi connectivity index (χ4n) is 2.14. The summed E-state index contributed by atoms with van der Waals surface area (Å²) in [5, 5.41) is 9.34. The third-order valence-electron chi connectivity index (χ3n) is 3.12. The first-order valence-electron chi connectivity index (χ1n) is 6.60. The van der Waals surface area contributed by atoms with Crippen molar-refractivity contribution in [2.24, 2.45) is 0 Å². The SMILES string of the molecule is CC.Cc1cc(C)n(-c2ccc(Cl)c(C(=O)O)c2)c1C. The smallest absolute Gasteiger partial charge is 0.337 e. The second kappa shape index (κ2) is 6.62. The van der Waals surface area contributed by atoms with Crippen LogP contribution in [0.25, 0.3) is 5.69 Å². The number of aryl methyl sites for hydroxylation is 2. The number of halogens is 1. The highest BCUT2D eigenvalue weighted by Gasteiger charge is 2.13. The fourth-order valence-corrected chi connectivity index (χ4v) is 2.34. The predicted octanol–water partition coefficient (Wildman–Crippen LogP) is 4.78. The number of hydrogen-bond donors (Lipinski definition) is 1. The largest absolute Gasteiger partial charge is 0.478 e.